The number of aryl methyl sites for hydroxylation is 1. The smallest absolute Gasteiger partial charge is 0.312 e. The van der Waals surface area contributed by atoms with Gasteiger partial charge >= 0.3 is 11.8 Å². The molecule has 1 saturated heterocycles. The van der Waals surface area contributed by atoms with Crippen LogP contribution >= 0.6 is 0 Å². The molecule has 0 saturated carbocycles. The number of hydrogen-bond acceptors (Lipinski definition) is 3. The zero-order chi connectivity index (χ0) is 18.7. The SMILES string of the molecule is Cc1ccc(N2C[C@@H](Cc3ccccc3)N(C(=O)C(N)=O)CC2=O)cc1. The Balaban J connectivity index is 1.88. The summed E-state index contributed by atoms with van der Waals surface area (Å²) in [6.45, 7) is 2.14. The maximum atomic E-state index is 12.6. The molecule has 1 aliphatic rings. The first-order valence-electron chi connectivity index (χ1n) is 8.47. The van der Waals surface area contributed by atoms with Gasteiger partial charge in [0.2, 0.25) is 5.91 Å². The summed E-state index contributed by atoms with van der Waals surface area (Å²) >= 11 is 0. The van der Waals surface area contributed by atoms with Crippen LogP contribution in [-0.2, 0) is 20.8 Å². The molecular weight excluding hydrogens is 330 g/mol. The van der Waals surface area contributed by atoms with Crippen LogP contribution in [0.2, 0.25) is 0 Å². The van der Waals surface area contributed by atoms with Crippen LogP contribution in [0, 0.1) is 6.92 Å². The van der Waals surface area contributed by atoms with Crippen LogP contribution in [0.3, 0.4) is 0 Å². The Hall–Kier alpha value is -3.15. The van der Waals surface area contributed by atoms with Crippen molar-refractivity contribution in [2.75, 3.05) is 18.0 Å². The molecule has 6 heteroatoms. The molecule has 0 aromatic heterocycles. The summed E-state index contributed by atoms with van der Waals surface area (Å²) in [4.78, 5) is 39.2. The predicted octanol–water partition coefficient (Wildman–Crippen LogP) is 1.27. The molecule has 0 aliphatic carbocycles. The number of hydrogen-bond donors (Lipinski definition) is 1. The first-order valence-corrected chi connectivity index (χ1v) is 8.47. The Bertz CT molecular complexity index is 818. The van der Waals surface area contributed by atoms with Gasteiger partial charge in [0, 0.05) is 12.2 Å². The minimum Gasteiger partial charge on any atom is -0.361 e. The Morgan fingerprint density at radius 1 is 1.08 bits per heavy atom. The van der Waals surface area contributed by atoms with Gasteiger partial charge in [-0.15, -0.1) is 0 Å². The largest absolute Gasteiger partial charge is 0.361 e. The highest BCUT2D eigenvalue weighted by molar-refractivity contribution is 6.34. The third-order valence-corrected chi connectivity index (χ3v) is 4.57. The van der Waals surface area contributed by atoms with E-state index in [1.807, 2.05) is 61.5 Å². The van der Waals surface area contributed by atoms with Crippen LogP contribution in [0.5, 0.6) is 0 Å². The van der Waals surface area contributed by atoms with E-state index in [4.69, 9.17) is 5.73 Å². The molecule has 134 valence electrons. The average molecular weight is 351 g/mol. The fourth-order valence-corrected chi connectivity index (χ4v) is 3.19. The van der Waals surface area contributed by atoms with Crippen molar-refractivity contribution in [3.05, 3.63) is 65.7 Å². The fraction of sp³-hybridized carbons (Fsp3) is 0.250. The minimum absolute atomic E-state index is 0.160. The van der Waals surface area contributed by atoms with E-state index in [9.17, 15) is 14.4 Å². The molecule has 2 aromatic rings. The number of primary amides is 1. The lowest BCUT2D eigenvalue weighted by Crippen LogP contribution is -2.60. The molecule has 1 heterocycles. The normalized spacial score (nSPS) is 17.3. The van der Waals surface area contributed by atoms with Crippen molar-refractivity contribution in [1.82, 2.24) is 4.90 Å². The van der Waals surface area contributed by atoms with Crippen LogP contribution in [0.4, 0.5) is 5.69 Å². The first-order chi connectivity index (χ1) is 12.5. The maximum absolute atomic E-state index is 12.6. The topological polar surface area (TPSA) is 83.7 Å². The molecule has 0 bridgehead atoms. The lowest BCUT2D eigenvalue weighted by molar-refractivity contribution is -0.148. The average Bonchev–Trinajstić information content (AvgIpc) is 2.64. The molecule has 1 aliphatic heterocycles. The van der Waals surface area contributed by atoms with Crippen molar-refractivity contribution in [3.8, 4) is 0 Å². The van der Waals surface area contributed by atoms with Gasteiger partial charge in [0.05, 0.1) is 6.04 Å². The molecule has 2 aromatic carbocycles. The van der Waals surface area contributed by atoms with Crippen molar-refractivity contribution >= 4 is 23.4 Å². The number of piperazine rings is 1. The second-order valence-electron chi connectivity index (χ2n) is 6.48. The number of rotatable bonds is 3. The van der Waals surface area contributed by atoms with Gasteiger partial charge in [0.15, 0.2) is 0 Å². The standard InChI is InChI=1S/C20H21N3O3/c1-14-7-9-16(10-8-14)22-12-17(11-15-5-3-2-4-6-15)23(13-18(22)24)20(26)19(21)25/h2-10,17H,11-13H2,1H3,(H2,21,25)/t17-/m1/s1. The molecular formula is C20H21N3O3. The van der Waals surface area contributed by atoms with E-state index in [-0.39, 0.29) is 18.5 Å². The van der Waals surface area contributed by atoms with E-state index < -0.39 is 11.8 Å². The Morgan fingerprint density at radius 3 is 2.35 bits per heavy atom. The fourth-order valence-electron chi connectivity index (χ4n) is 3.19. The van der Waals surface area contributed by atoms with E-state index in [0.717, 1.165) is 16.8 Å². The van der Waals surface area contributed by atoms with E-state index in [1.165, 1.54) is 4.90 Å². The molecule has 0 radical (unpaired) electrons. The predicted molar refractivity (Wildman–Crippen MR) is 98.4 cm³/mol. The summed E-state index contributed by atoms with van der Waals surface area (Å²) in [5.41, 5.74) is 8.08. The van der Waals surface area contributed by atoms with Crippen LogP contribution in [-0.4, -0.2) is 41.8 Å². The number of amides is 3. The number of nitrogens with zero attached hydrogens (tertiary/aromatic N) is 2. The van der Waals surface area contributed by atoms with Crippen LogP contribution < -0.4 is 10.6 Å². The van der Waals surface area contributed by atoms with Gasteiger partial charge in [0.1, 0.15) is 6.54 Å². The van der Waals surface area contributed by atoms with Crippen molar-refractivity contribution in [2.45, 2.75) is 19.4 Å². The van der Waals surface area contributed by atoms with Crippen LogP contribution in [0.1, 0.15) is 11.1 Å². The number of carbonyl (C=O) groups is 3. The summed E-state index contributed by atoms with van der Waals surface area (Å²) in [5.74, 6) is -2.09. The van der Waals surface area contributed by atoms with E-state index in [0.29, 0.717) is 13.0 Å². The summed E-state index contributed by atoms with van der Waals surface area (Å²) in [6.07, 6.45) is 0.537. The number of benzene rings is 2. The van der Waals surface area contributed by atoms with Crippen molar-refractivity contribution in [1.29, 1.82) is 0 Å². The number of carbonyl (C=O) groups excluding carboxylic acids is 3. The zero-order valence-corrected chi connectivity index (χ0v) is 14.6. The first kappa shape index (κ1) is 17.7. The van der Waals surface area contributed by atoms with Gasteiger partial charge in [-0.2, -0.15) is 0 Å². The summed E-state index contributed by atoms with van der Waals surface area (Å²) in [6, 6.07) is 17.0. The van der Waals surface area contributed by atoms with Gasteiger partial charge in [0.25, 0.3) is 0 Å². The van der Waals surface area contributed by atoms with E-state index in [2.05, 4.69) is 0 Å². The quantitative estimate of drug-likeness (QED) is 0.845. The van der Waals surface area contributed by atoms with Gasteiger partial charge in [-0.25, -0.2) is 0 Å². The third-order valence-electron chi connectivity index (χ3n) is 4.57. The molecule has 26 heavy (non-hydrogen) atoms. The summed E-state index contributed by atoms with van der Waals surface area (Å²) in [7, 11) is 0. The van der Waals surface area contributed by atoms with Crippen LogP contribution in [0.25, 0.3) is 0 Å². The molecule has 0 unspecified atom stereocenters. The number of anilines is 1. The summed E-state index contributed by atoms with van der Waals surface area (Å²) in [5, 5.41) is 0. The molecule has 1 fully saturated rings. The highest BCUT2D eigenvalue weighted by atomic mass is 16.2. The van der Waals surface area contributed by atoms with Gasteiger partial charge < -0.3 is 15.5 Å². The lowest BCUT2D eigenvalue weighted by Gasteiger charge is -2.40. The molecule has 3 amide bonds. The second-order valence-corrected chi connectivity index (χ2v) is 6.48. The third kappa shape index (κ3) is 3.74. The molecule has 3 rings (SSSR count). The molecule has 0 spiro atoms. The van der Waals surface area contributed by atoms with Crippen molar-refractivity contribution in [3.63, 3.8) is 0 Å². The Kier molecular flexibility index (Phi) is 5.02. The monoisotopic (exact) mass is 351 g/mol. The van der Waals surface area contributed by atoms with Gasteiger partial charge in [-0.3, -0.25) is 14.4 Å². The van der Waals surface area contributed by atoms with Gasteiger partial charge in [-0.05, 0) is 31.0 Å². The highest BCUT2D eigenvalue weighted by Crippen LogP contribution is 2.23. The van der Waals surface area contributed by atoms with Crippen LogP contribution in [0.15, 0.2) is 54.6 Å². The molecule has 6 nitrogen and oxygen atoms in total. The molecule has 1 atom stereocenters. The Labute approximate surface area is 152 Å². The zero-order valence-electron chi connectivity index (χ0n) is 14.6. The minimum atomic E-state index is -1.04. The summed E-state index contributed by atoms with van der Waals surface area (Å²) < 4.78 is 0. The Morgan fingerprint density at radius 2 is 1.73 bits per heavy atom. The second kappa shape index (κ2) is 7.39. The van der Waals surface area contributed by atoms with Crippen molar-refractivity contribution < 1.29 is 14.4 Å². The maximum Gasteiger partial charge on any atom is 0.312 e. The van der Waals surface area contributed by atoms with Gasteiger partial charge in [-0.1, -0.05) is 48.0 Å². The lowest BCUT2D eigenvalue weighted by atomic mass is 10.0. The van der Waals surface area contributed by atoms with E-state index >= 15 is 0 Å². The number of nitrogens with two attached hydrogens (primary N) is 1. The highest BCUT2D eigenvalue weighted by Gasteiger charge is 2.37. The van der Waals surface area contributed by atoms with Crippen molar-refractivity contribution in [2.24, 2.45) is 5.73 Å². The molecule has 2 N–H and O–H groups in total. The van der Waals surface area contributed by atoms with E-state index in [1.54, 1.807) is 4.90 Å².